The molecular formula is C20H12Cl4N2O4. The first-order valence-corrected chi connectivity index (χ1v) is 9.83. The van der Waals surface area contributed by atoms with Crippen LogP contribution in [-0.2, 0) is 9.59 Å². The second-order valence-corrected chi connectivity index (χ2v) is 7.62. The van der Waals surface area contributed by atoms with E-state index in [0.29, 0.717) is 0 Å². The van der Waals surface area contributed by atoms with Gasteiger partial charge in [0, 0.05) is 10.6 Å². The van der Waals surface area contributed by atoms with E-state index in [4.69, 9.17) is 51.1 Å². The summed E-state index contributed by atoms with van der Waals surface area (Å²) in [5.41, 5.74) is 0.0799. The van der Waals surface area contributed by atoms with Crippen molar-refractivity contribution in [2.75, 3.05) is 11.5 Å². The minimum Gasteiger partial charge on any atom is -0.487 e. The predicted octanol–water partition coefficient (Wildman–Crippen LogP) is 5.53. The van der Waals surface area contributed by atoms with E-state index >= 15 is 0 Å². The summed E-state index contributed by atoms with van der Waals surface area (Å²) < 4.78 is 5.54. The van der Waals surface area contributed by atoms with Gasteiger partial charge in [-0.15, -0.1) is 0 Å². The third kappa shape index (κ3) is 4.47. The summed E-state index contributed by atoms with van der Waals surface area (Å²) in [5.74, 6) is -1.55. The van der Waals surface area contributed by atoms with Gasteiger partial charge in [-0.25, -0.2) is 9.69 Å². The Morgan fingerprint density at radius 3 is 2.40 bits per heavy atom. The molecule has 30 heavy (non-hydrogen) atoms. The molecule has 0 spiro atoms. The van der Waals surface area contributed by atoms with Crippen LogP contribution in [0.1, 0.15) is 5.56 Å². The smallest absolute Gasteiger partial charge is 0.335 e. The number of nitrogens with one attached hydrogen (secondary N) is 1. The van der Waals surface area contributed by atoms with E-state index in [9.17, 15) is 14.4 Å². The number of halogens is 4. The third-order valence-corrected chi connectivity index (χ3v) is 5.18. The fourth-order valence-electron chi connectivity index (χ4n) is 2.65. The molecule has 4 amide bonds. The largest absolute Gasteiger partial charge is 0.487 e. The maximum absolute atomic E-state index is 13.0. The summed E-state index contributed by atoms with van der Waals surface area (Å²) in [6.45, 7) is 3.70. The highest BCUT2D eigenvalue weighted by Gasteiger charge is 2.37. The first-order chi connectivity index (χ1) is 14.2. The van der Waals surface area contributed by atoms with E-state index in [1.165, 1.54) is 42.5 Å². The Hall–Kier alpha value is -2.51. The number of hydrogen-bond acceptors (Lipinski definition) is 4. The zero-order valence-electron chi connectivity index (χ0n) is 15.0. The van der Waals surface area contributed by atoms with Crippen LogP contribution < -0.4 is 15.0 Å². The molecule has 10 heteroatoms. The Morgan fingerprint density at radius 1 is 1.00 bits per heavy atom. The summed E-state index contributed by atoms with van der Waals surface area (Å²) in [4.78, 5) is 38.5. The molecule has 0 atom stereocenters. The van der Waals surface area contributed by atoms with Crippen LogP contribution in [0, 0.1) is 0 Å². The Balaban J connectivity index is 2.09. The molecule has 6 nitrogen and oxygen atoms in total. The number of amides is 4. The molecule has 1 saturated heterocycles. The van der Waals surface area contributed by atoms with E-state index < -0.39 is 17.8 Å². The molecule has 0 bridgehead atoms. The Kier molecular flexibility index (Phi) is 6.73. The summed E-state index contributed by atoms with van der Waals surface area (Å²) in [7, 11) is 0. The van der Waals surface area contributed by atoms with E-state index in [1.807, 2.05) is 0 Å². The van der Waals surface area contributed by atoms with Gasteiger partial charge in [-0.2, -0.15) is 0 Å². The van der Waals surface area contributed by atoms with Crippen LogP contribution in [0.15, 0.2) is 48.6 Å². The Labute approximate surface area is 191 Å². The van der Waals surface area contributed by atoms with Gasteiger partial charge in [0.2, 0.25) is 0 Å². The average Bonchev–Trinajstić information content (AvgIpc) is 2.67. The Morgan fingerprint density at radius 2 is 1.73 bits per heavy atom. The van der Waals surface area contributed by atoms with Crippen LogP contribution in [0.25, 0.3) is 6.08 Å². The molecule has 1 aliphatic rings. The minimum absolute atomic E-state index is 0.131. The second-order valence-electron chi connectivity index (χ2n) is 5.96. The van der Waals surface area contributed by atoms with Gasteiger partial charge in [0.05, 0.1) is 20.8 Å². The zero-order chi connectivity index (χ0) is 22.0. The molecule has 154 valence electrons. The van der Waals surface area contributed by atoms with Crippen molar-refractivity contribution in [1.82, 2.24) is 5.32 Å². The van der Waals surface area contributed by atoms with Gasteiger partial charge >= 0.3 is 6.03 Å². The van der Waals surface area contributed by atoms with Crippen LogP contribution >= 0.6 is 46.4 Å². The molecule has 1 N–H and O–H groups in total. The highest BCUT2D eigenvalue weighted by Crippen LogP contribution is 2.35. The van der Waals surface area contributed by atoms with Gasteiger partial charge in [0.15, 0.2) is 0 Å². The van der Waals surface area contributed by atoms with Gasteiger partial charge < -0.3 is 4.74 Å². The van der Waals surface area contributed by atoms with Crippen molar-refractivity contribution < 1.29 is 19.1 Å². The van der Waals surface area contributed by atoms with E-state index in [-0.39, 0.29) is 49.3 Å². The van der Waals surface area contributed by atoms with Crippen LogP contribution in [0.3, 0.4) is 0 Å². The molecule has 1 aliphatic heterocycles. The number of nitrogens with zero attached hydrogens (tertiary/aromatic N) is 1. The minimum atomic E-state index is -0.923. The van der Waals surface area contributed by atoms with Crippen LogP contribution in [0.2, 0.25) is 20.1 Å². The zero-order valence-corrected chi connectivity index (χ0v) is 18.1. The number of anilines is 1. The highest BCUT2D eigenvalue weighted by atomic mass is 35.5. The fraction of sp³-hybridized carbons (Fsp3) is 0.0500. The van der Waals surface area contributed by atoms with Gasteiger partial charge in [0.1, 0.15) is 17.9 Å². The first-order valence-electron chi connectivity index (χ1n) is 8.32. The van der Waals surface area contributed by atoms with Crippen molar-refractivity contribution in [2.24, 2.45) is 0 Å². The number of barbiturate groups is 1. The number of urea groups is 1. The summed E-state index contributed by atoms with van der Waals surface area (Å²) in [6.07, 6.45) is 2.75. The molecule has 0 aliphatic carbocycles. The normalized spacial score (nSPS) is 15.4. The van der Waals surface area contributed by atoms with E-state index in [2.05, 4.69) is 11.9 Å². The Bertz CT molecular complexity index is 1110. The van der Waals surface area contributed by atoms with Crippen molar-refractivity contribution in [1.29, 1.82) is 0 Å². The fourth-order valence-corrected chi connectivity index (χ4v) is 3.51. The lowest BCUT2D eigenvalue weighted by Crippen LogP contribution is -2.54. The van der Waals surface area contributed by atoms with E-state index in [1.54, 1.807) is 0 Å². The molecule has 0 saturated carbocycles. The lowest BCUT2D eigenvalue weighted by molar-refractivity contribution is -0.122. The number of carbonyl (C=O) groups is 3. The lowest BCUT2D eigenvalue weighted by Gasteiger charge is -2.26. The van der Waals surface area contributed by atoms with Gasteiger partial charge in [-0.3, -0.25) is 14.9 Å². The first kappa shape index (κ1) is 22.2. The van der Waals surface area contributed by atoms with Crippen molar-refractivity contribution in [3.63, 3.8) is 0 Å². The second kappa shape index (κ2) is 9.10. The van der Waals surface area contributed by atoms with Crippen LogP contribution in [0.4, 0.5) is 10.5 Å². The molecule has 0 aromatic heterocycles. The van der Waals surface area contributed by atoms with Crippen molar-refractivity contribution >= 4 is 76.0 Å². The molecule has 1 heterocycles. The van der Waals surface area contributed by atoms with Crippen molar-refractivity contribution in [3.05, 3.63) is 74.2 Å². The molecule has 0 unspecified atom stereocenters. The topological polar surface area (TPSA) is 75.7 Å². The van der Waals surface area contributed by atoms with Gasteiger partial charge in [0.25, 0.3) is 11.8 Å². The summed E-state index contributed by atoms with van der Waals surface area (Å²) in [5, 5.41) is 2.94. The average molecular weight is 486 g/mol. The van der Waals surface area contributed by atoms with E-state index in [0.717, 1.165) is 4.90 Å². The quantitative estimate of drug-likeness (QED) is 0.343. The number of ether oxygens (including phenoxy) is 1. The lowest BCUT2D eigenvalue weighted by atomic mass is 10.1. The molecule has 3 rings (SSSR count). The van der Waals surface area contributed by atoms with Crippen LogP contribution in [-0.4, -0.2) is 24.5 Å². The summed E-state index contributed by atoms with van der Waals surface area (Å²) in [6, 6.07) is 6.19. The molecular weight excluding hydrogens is 474 g/mol. The van der Waals surface area contributed by atoms with Gasteiger partial charge in [-0.1, -0.05) is 59.1 Å². The van der Waals surface area contributed by atoms with Crippen LogP contribution in [0.5, 0.6) is 5.75 Å². The monoisotopic (exact) mass is 484 g/mol. The molecule has 2 aromatic rings. The molecule has 1 fully saturated rings. The number of rotatable bonds is 5. The van der Waals surface area contributed by atoms with Gasteiger partial charge in [-0.05, 0) is 36.4 Å². The third-order valence-electron chi connectivity index (χ3n) is 3.95. The summed E-state index contributed by atoms with van der Waals surface area (Å²) >= 11 is 24.1. The standard InChI is InChI=1S/C20H12Cl4N2O4/c1-2-5-30-17-10(6-11(21)8-16(17)24)7-13-18(27)25-20(29)26(19(13)28)12-3-4-14(22)15(23)9-12/h2-4,6-9H,1,5H2,(H,25,27,29)/b13-7+. The van der Waals surface area contributed by atoms with Crippen molar-refractivity contribution in [2.45, 2.75) is 0 Å². The predicted molar refractivity (Wildman–Crippen MR) is 118 cm³/mol. The number of imide groups is 2. The number of hydrogen-bond donors (Lipinski definition) is 1. The SMILES string of the molecule is C=CCOc1c(Cl)cc(Cl)cc1/C=C1\C(=O)NC(=O)N(c2ccc(Cl)c(Cl)c2)C1=O. The maximum Gasteiger partial charge on any atom is 0.335 e. The molecule has 2 aromatic carbocycles. The number of carbonyl (C=O) groups excluding carboxylic acids is 3. The molecule has 0 radical (unpaired) electrons. The maximum atomic E-state index is 13.0. The highest BCUT2D eigenvalue weighted by molar-refractivity contribution is 6.43. The number of benzene rings is 2. The van der Waals surface area contributed by atoms with Crippen molar-refractivity contribution in [3.8, 4) is 5.75 Å².